The minimum atomic E-state index is -0.631. The van der Waals surface area contributed by atoms with Crippen LogP contribution in [0.3, 0.4) is 0 Å². The lowest BCUT2D eigenvalue weighted by molar-refractivity contribution is 0.257. The third kappa shape index (κ3) is 6.92. The molecule has 0 aromatic heterocycles. The largest absolute Gasteiger partial charge is 0.494 e. The van der Waals surface area contributed by atoms with Crippen LogP contribution in [0, 0.1) is 0 Å². The number of rotatable bonds is 11. The van der Waals surface area contributed by atoms with Crippen LogP contribution in [0.2, 0.25) is 0 Å². The number of hydrogen-bond acceptors (Lipinski definition) is 4. The van der Waals surface area contributed by atoms with Crippen molar-refractivity contribution in [1.29, 1.82) is 0 Å². The highest BCUT2D eigenvalue weighted by atomic mass is 32.1. The number of anilines is 2. The van der Waals surface area contributed by atoms with Gasteiger partial charge in [-0.1, -0.05) is 61.3 Å². The molecule has 1 heterocycles. The van der Waals surface area contributed by atoms with E-state index in [-0.39, 0.29) is 0 Å². The quantitative estimate of drug-likeness (QED) is 0.194. The van der Waals surface area contributed by atoms with Crippen LogP contribution in [0.4, 0.5) is 16.2 Å². The number of ether oxygens (including phenoxy) is 1. The van der Waals surface area contributed by atoms with Crippen LogP contribution in [0.25, 0.3) is 0 Å². The molecule has 2 amide bonds. The second-order valence-corrected chi connectivity index (χ2v) is 9.57. The van der Waals surface area contributed by atoms with Crippen LogP contribution in [0.5, 0.6) is 5.75 Å². The van der Waals surface area contributed by atoms with E-state index in [1.165, 1.54) is 11.1 Å². The van der Waals surface area contributed by atoms with Crippen molar-refractivity contribution in [2.75, 3.05) is 35.4 Å². The normalized spacial score (nSPS) is 13.2. The van der Waals surface area contributed by atoms with Crippen LogP contribution in [0.15, 0.2) is 78.9 Å². The standard InChI is InChI=1S/C28H32N4O2S2/c29-27(33)32(36)25-10-7-11-26(21-25)34-19-6-2-5-16-30-17-18-31(28(30)35)24-14-12-23(13-15-24)20-22-8-3-1-4-9-22/h1,3-4,7-15,21,36H,2,5-6,16-20H2,(H2,29,33). The molecular weight excluding hydrogens is 488 g/mol. The Labute approximate surface area is 224 Å². The van der Waals surface area contributed by atoms with Crippen LogP contribution in [-0.2, 0) is 6.42 Å². The van der Waals surface area contributed by atoms with E-state index in [2.05, 4.69) is 71.1 Å². The van der Waals surface area contributed by atoms with E-state index >= 15 is 0 Å². The summed E-state index contributed by atoms with van der Waals surface area (Å²) in [6, 6.07) is 25.8. The first-order valence-electron chi connectivity index (χ1n) is 12.2. The maximum Gasteiger partial charge on any atom is 0.329 e. The lowest BCUT2D eigenvalue weighted by Gasteiger charge is -2.22. The molecule has 188 valence electrons. The Morgan fingerprint density at radius 1 is 0.944 bits per heavy atom. The number of urea groups is 1. The third-order valence-electron chi connectivity index (χ3n) is 6.21. The molecule has 1 aliphatic heterocycles. The smallest absolute Gasteiger partial charge is 0.329 e. The number of carbonyl (C=O) groups excluding carboxylic acids is 1. The van der Waals surface area contributed by atoms with Crippen molar-refractivity contribution < 1.29 is 9.53 Å². The molecule has 0 aliphatic carbocycles. The van der Waals surface area contributed by atoms with Crippen molar-refractivity contribution in [3.05, 3.63) is 90.0 Å². The first-order valence-corrected chi connectivity index (χ1v) is 13.0. The first kappa shape index (κ1) is 25.9. The number of unbranched alkanes of at least 4 members (excludes halogenated alkanes) is 2. The van der Waals surface area contributed by atoms with Gasteiger partial charge >= 0.3 is 6.03 Å². The number of thiol groups is 1. The fourth-order valence-electron chi connectivity index (χ4n) is 4.26. The molecule has 0 spiro atoms. The summed E-state index contributed by atoms with van der Waals surface area (Å²) in [5, 5.41) is 0.907. The van der Waals surface area contributed by atoms with Crippen LogP contribution in [0.1, 0.15) is 30.4 Å². The predicted molar refractivity (Wildman–Crippen MR) is 154 cm³/mol. The zero-order valence-corrected chi connectivity index (χ0v) is 22.0. The fraction of sp³-hybridized carbons (Fsp3) is 0.286. The number of nitrogens with zero attached hydrogens (tertiary/aromatic N) is 3. The molecule has 1 aliphatic rings. The molecule has 0 saturated carbocycles. The summed E-state index contributed by atoms with van der Waals surface area (Å²) in [4.78, 5) is 15.8. The van der Waals surface area contributed by atoms with Gasteiger partial charge in [0, 0.05) is 31.4 Å². The van der Waals surface area contributed by atoms with Gasteiger partial charge in [0.1, 0.15) is 5.75 Å². The molecule has 3 aromatic carbocycles. The first-order chi connectivity index (χ1) is 17.5. The molecule has 1 fully saturated rings. The molecule has 0 atom stereocenters. The van der Waals surface area contributed by atoms with Gasteiger partial charge in [0.25, 0.3) is 0 Å². The number of benzene rings is 3. The Bertz CT molecular complexity index is 1160. The maximum atomic E-state index is 11.3. The van der Waals surface area contributed by atoms with Crippen molar-refractivity contribution in [1.82, 2.24) is 4.90 Å². The maximum absolute atomic E-state index is 11.3. The van der Waals surface area contributed by atoms with E-state index in [0.29, 0.717) is 18.0 Å². The van der Waals surface area contributed by atoms with Crippen molar-refractivity contribution >= 4 is 47.6 Å². The molecule has 4 rings (SSSR count). The highest BCUT2D eigenvalue weighted by Gasteiger charge is 2.25. The molecule has 0 bridgehead atoms. The summed E-state index contributed by atoms with van der Waals surface area (Å²) in [5.74, 6) is 0.693. The molecule has 6 nitrogen and oxygen atoms in total. The lowest BCUT2D eigenvalue weighted by atomic mass is 10.0. The van der Waals surface area contributed by atoms with Gasteiger partial charge in [-0.15, -0.1) is 0 Å². The molecule has 1 saturated heterocycles. The Morgan fingerprint density at radius 3 is 2.44 bits per heavy atom. The van der Waals surface area contributed by atoms with Gasteiger partial charge in [-0.25, -0.2) is 9.10 Å². The SMILES string of the molecule is NC(=O)N(S)c1cccc(OCCCCCN2CCN(c3ccc(Cc4ccccc4)cc3)C2=S)c1. The van der Waals surface area contributed by atoms with Gasteiger partial charge in [-0.05, 0) is 73.3 Å². The number of carbonyl (C=O) groups is 1. The van der Waals surface area contributed by atoms with E-state index in [9.17, 15) is 4.79 Å². The number of thiocarbonyl (C=S) groups is 1. The Kier molecular flexibility index (Phi) is 9.08. The summed E-state index contributed by atoms with van der Waals surface area (Å²) in [7, 11) is 0. The molecule has 0 unspecified atom stereocenters. The summed E-state index contributed by atoms with van der Waals surface area (Å²) >= 11 is 9.87. The fourth-order valence-corrected chi connectivity index (χ4v) is 4.76. The number of primary amides is 1. The highest BCUT2D eigenvalue weighted by Crippen LogP contribution is 2.24. The average Bonchev–Trinajstić information content (AvgIpc) is 3.26. The van der Waals surface area contributed by atoms with Crippen LogP contribution in [-0.4, -0.2) is 42.3 Å². The molecular formula is C28H32N4O2S2. The van der Waals surface area contributed by atoms with Crippen LogP contribution < -0.4 is 19.7 Å². The average molecular weight is 521 g/mol. The Hall–Kier alpha value is -3.23. The summed E-state index contributed by atoms with van der Waals surface area (Å²) in [6.07, 6.45) is 3.98. The minimum absolute atomic E-state index is 0.585. The summed E-state index contributed by atoms with van der Waals surface area (Å²) in [5.41, 5.74) is 9.63. The van der Waals surface area contributed by atoms with Gasteiger partial charge in [0.2, 0.25) is 0 Å². The number of amides is 2. The second-order valence-electron chi connectivity index (χ2n) is 8.81. The van der Waals surface area contributed by atoms with Crippen LogP contribution >= 0.6 is 25.0 Å². The highest BCUT2D eigenvalue weighted by molar-refractivity contribution is 7.82. The summed E-state index contributed by atoms with van der Waals surface area (Å²) < 4.78 is 6.92. The van der Waals surface area contributed by atoms with Gasteiger partial charge < -0.3 is 20.3 Å². The van der Waals surface area contributed by atoms with Gasteiger partial charge in [0.15, 0.2) is 5.11 Å². The molecule has 8 heteroatoms. The minimum Gasteiger partial charge on any atom is -0.494 e. The Balaban J connectivity index is 1.17. The zero-order chi connectivity index (χ0) is 25.3. The summed E-state index contributed by atoms with van der Waals surface area (Å²) in [6.45, 7) is 3.43. The zero-order valence-electron chi connectivity index (χ0n) is 20.3. The van der Waals surface area contributed by atoms with E-state index in [4.69, 9.17) is 22.7 Å². The van der Waals surface area contributed by atoms with Gasteiger partial charge in [-0.2, -0.15) is 0 Å². The number of hydrogen-bond donors (Lipinski definition) is 2. The Morgan fingerprint density at radius 2 is 1.69 bits per heavy atom. The van der Waals surface area contributed by atoms with E-state index in [1.807, 2.05) is 18.2 Å². The van der Waals surface area contributed by atoms with E-state index in [0.717, 1.165) is 60.4 Å². The van der Waals surface area contributed by atoms with Gasteiger partial charge in [0.05, 0.1) is 12.3 Å². The van der Waals surface area contributed by atoms with E-state index in [1.54, 1.807) is 12.1 Å². The third-order valence-corrected chi connectivity index (χ3v) is 7.11. The van der Waals surface area contributed by atoms with Crippen molar-refractivity contribution in [3.8, 4) is 5.75 Å². The monoisotopic (exact) mass is 520 g/mol. The predicted octanol–water partition coefficient (Wildman–Crippen LogP) is 5.66. The van der Waals surface area contributed by atoms with Crippen molar-refractivity contribution in [3.63, 3.8) is 0 Å². The number of nitrogens with two attached hydrogens (primary N) is 1. The lowest BCUT2D eigenvalue weighted by Crippen LogP contribution is -2.32. The van der Waals surface area contributed by atoms with Crippen molar-refractivity contribution in [2.24, 2.45) is 5.73 Å². The molecule has 36 heavy (non-hydrogen) atoms. The molecule has 3 aromatic rings. The second kappa shape index (κ2) is 12.6. The van der Waals surface area contributed by atoms with Crippen molar-refractivity contribution in [2.45, 2.75) is 25.7 Å². The molecule has 0 radical (unpaired) electrons. The van der Waals surface area contributed by atoms with Gasteiger partial charge in [-0.3, -0.25) is 0 Å². The molecule has 2 N–H and O–H groups in total. The van der Waals surface area contributed by atoms with E-state index < -0.39 is 6.03 Å². The topological polar surface area (TPSA) is 62.0 Å².